The first kappa shape index (κ1) is 20.8. The number of hydrogen-bond acceptors (Lipinski definition) is 5. The Labute approximate surface area is 180 Å². The maximum absolute atomic E-state index is 14.7. The summed E-state index contributed by atoms with van der Waals surface area (Å²) in [5, 5.41) is 9.63. The van der Waals surface area contributed by atoms with E-state index in [2.05, 4.69) is 37.6 Å². The Morgan fingerprint density at radius 3 is 2.84 bits per heavy atom. The molecule has 3 aromatic rings. The summed E-state index contributed by atoms with van der Waals surface area (Å²) in [6, 6.07) is 9.91. The molecule has 1 aliphatic heterocycles. The van der Waals surface area contributed by atoms with E-state index < -0.39 is 6.03 Å². The molecule has 4 rings (SSSR count). The van der Waals surface area contributed by atoms with Crippen LogP contribution in [0.4, 0.5) is 20.6 Å². The highest BCUT2D eigenvalue weighted by Crippen LogP contribution is 2.24. The third-order valence-corrected chi connectivity index (χ3v) is 5.27. The molecule has 1 fully saturated rings. The minimum Gasteiger partial charge on any atom is -0.368 e. The first-order valence-corrected chi connectivity index (χ1v) is 10.3. The molecule has 0 radical (unpaired) electrons. The summed E-state index contributed by atoms with van der Waals surface area (Å²) in [4.78, 5) is 20.9. The first-order chi connectivity index (χ1) is 15.1. The fraction of sp³-hybridized carbons (Fsp3) is 0.318. The fourth-order valence-electron chi connectivity index (χ4n) is 3.59. The van der Waals surface area contributed by atoms with E-state index >= 15 is 0 Å². The second kappa shape index (κ2) is 9.57. The van der Waals surface area contributed by atoms with E-state index in [1.807, 2.05) is 18.2 Å². The van der Waals surface area contributed by atoms with Crippen molar-refractivity contribution in [2.24, 2.45) is 0 Å². The summed E-state index contributed by atoms with van der Waals surface area (Å²) >= 11 is 0. The number of nitrogens with one attached hydrogen (secondary N) is 2. The quantitative estimate of drug-likeness (QED) is 0.660. The van der Waals surface area contributed by atoms with E-state index in [0.29, 0.717) is 23.7 Å². The van der Waals surface area contributed by atoms with E-state index in [1.54, 1.807) is 35.4 Å². The number of aromatic nitrogens is 3. The van der Waals surface area contributed by atoms with Gasteiger partial charge in [0.1, 0.15) is 5.82 Å². The van der Waals surface area contributed by atoms with E-state index in [9.17, 15) is 9.18 Å². The molecule has 9 heteroatoms. The smallest absolute Gasteiger partial charge is 0.319 e. The van der Waals surface area contributed by atoms with Gasteiger partial charge in [-0.3, -0.25) is 0 Å². The number of anilines is 2. The standard InChI is InChI=1S/C22H26FN7O/c1-28-9-3-10-29(13-12-28)20-5-4-18(15-19(20)23)27-22(31)25-16-17-6-8-24-21(14-17)30-11-2-7-26-30/h2,4-8,11,14-15H,3,9-10,12-13,16H2,1H3,(H2,25,27,31). The average molecular weight is 423 g/mol. The molecule has 0 bridgehead atoms. The molecule has 1 aromatic carbocycles. The number of nitrogens with zero attached hydrogens (tertiary/aromatic N) is 5. The zero-order valence-corrected chi connectivity index (χ0v) is 17.5. The highest BCUT2D eigenvalue weighted by molar-refractivity contribution is 5.89. The molecule has 8 nitrogen and oxygen atoms in total. The van der Waals surface area contributed by atoms with Gasteiger partial charge in [0.2, 0.25) is 0 Å². The van der Waals surface area contributed by atoms with Crippen LogP contribution >= 0.6 is 0 Å². The zero-order chi connectivity index (χ0) is 21.6. The Kier molecular flexibility index (Phi) is 6.42. The highest BCUT2D eigenvalue weighted by atomic mass is 19.1. The van der Waals surface area contributed by atoms with Crippen LogP contribution in [0.1, 0.15) is 12.0 Å². The third-order valence-electron chi connectivity index (χ3n) is 5.27. The van der Waals surface area contributed by atoms with Crippen LogP contribution in [-0.2, 0) is 6.54 Å². The topological polar surface area (TPSA) is 78.3 Å². The fourth-order valence-corrected chi connectivity index (χ4v) is 3.59. The summed E-state index contributed by atoms with van der Waals surface area (Å²) in [5.41, 5.74) is 1.87. The molecule has 2 N–H and O–H groups in total. The summed E-state index contributed by atoms with van der Waals surface area (Å²) in [7, 11) is 2.08. The average Bonchev–Trinajstić information content (AvgIpc) is 3.22. The molecule has 0 aliphatic carbocycles. The summed E-state index contributed by atoms with van der Waals surface area (Å²) in [6.07, 6.45) is 6.14. The highest BCUT2D eigenvalue weighted by Gasteiger charge is 2.16. The second-order valence-corrected chi connectivity index (χ2v) is 7.59. The summed E-state index contributed by atoms with van der Waals surface area (Å²) in [5.74, 6) is 0.336. The lowest BCUT2D eigenvalue weighted by Crippen LogP contribution is -2.30. The molecule has 3 heterocycles. The van der Waals surface area contributed by atoms with Gasteiger partial charge in [-0.05, 0) is 62.0 Å². The third kappa shape index (κ3) is 5.37. The van der Waals surface area contributed by atoms with E-state index in [4.69, 9.17) is 0 Å². The molecule has 1 aliphatic rings. The number of amides is 2. The van der Waals surface area contributed by atoms with E-state index in [0.717, 1.165) is 38.2 Å². The van der Waals surface area contributed by atoms with Gasteiger partial charge in [-0.15, -0.1) is 0 Å². The minimum atomic E-state index is -0.402. The van der Waals surface area contributed by atoms with Crippen molar-refractivity contribution in [1.29, 1.82) is 0 Å². The molecular weight excluding hydrogens is 397 g/mol. The van der Waals surface area contributed by atoms with Crippen molar-refractivity contribution in [2.45, 2.75) is 13.0 Å². The van der Waals surface area contributed by atoms with Gasteiger partial charge >= 0.3 is 6.03 Å². The predicted octanol–water partition coefficient (Wildman–Crippen LogP) is 2.87. The number of carbonyl (C=O) groups is 1. The molecule has 31 heavy (non-hydrogen) atoms. The number of rotatable bonds is 5. The van der Waals surface area contributed by atoms with Gasteiger partial charge in [-0.1, -0.05) is 0 Å². The number of carbonyl (C=O) groups excluding carboxylic acids is 1. The van der Waals surface area contributed by atoms with Crippen molar-refractivity contribution < 1.29 is 9.18 Å². The maximum Gasteiger partial charge on any atom is 0.319 e. The molecule has 0 unspecified atom stereocenters. The molecule has 0 atom stereocenters. The largest absolute Gasteiger partial charge is 0.368 e. The first-order valence-electron chi connectivity index (χ1n) is 10.3. The minimum absolute atomic E-state index is 0.310. The number of pyridine rings is 1. The van der Waals surface area contributed by atoms with E-state index in [1.165, 1.54) is 6.07 Å². The van der Waals surface area contributed by atoms with Gasteiger partial charge < -0.3 is 20.4 Å². The lowest BCUT2D eigenvalue weighted by atomic mass is 10.2. The van der Waals surface area contributed by atoms with Gasteiger partial charge in [0.25, 0.3) is 0 Å². The number of halogens is 1. The molecular formula is C22H26FN7O. The van der Waals surface area contributed by atoms with Crippen molar-refractivity contribution in [3.8, 4) is 5.82 Å². The molecule has 0 saturated carbocycles. The van der Waals surface area contributed by atoms with Crippen molar-refractivity contribution in [2.75, 3.05) is 43.4 Å². The van der Waals surface area contributed by atoms with Crippen LogP contribution in [0, 0.1) is 5.82 Å². The molecule has 2 aromatic heterocycles. The van der Waals surface area contributed by atoms with Crippen LogP contribution < -0.4 is 15.5 Å². The van der Waals surface area contributed by atoms with Crippen LogP contribution in [0.5, 0.6) is 0 Å². The van der Waals surface area contributed by atoms with Gasteiger partial charge in [-0.2, -0.15) is 5.10 Å². The Hall–Kier alpha value is -3.46. The van der Waals surface area contributed by atoms with Gasteiger partial charge in [-0.25, -0.2) is 18.9 Å². The molecule has 1 saturated heterocycles. The van der Waals surface area contributed by atoms with E-state index in [-0.39, 0.29) is 5.82 Å². The zero-order valence-electron chi connectivity index (χ0n) is 17.5. The molecule has 0 spiro atoms. The Bertz CT molecular complexity index is 1020. The second-order valence-electron chi connectivity index (χ2n) is 7.59. The monoisotopic (exact) mass is 423 g/mol. The van der Waals surface area contributed by atoms with Crippen molar-refractivity contribution >= 4 is 17.4 Å². The normalized spacial score (nSPS) is 14.8. The Morgan fingerprint density at radius 1 is 1.13 bits per heavy atom. The summed E-state index contributed by atoms with van der Waals surface area (Å²) in [6.45, 7) is 3.83. The number of hydrogen-bond donors (Lipinski definition) is 2. The SMILES string of the molecule is CN1CCCN(c2ccc(NC(=O)NCc3ccnc(-n4cccn4)c3)cc2F)CC1. The van der Waals surface area contributed by atoms with Crippen molar-refractivity contribution in [3.63, 3.8) is 0 Å². The Balaban J connectivity index is 1.34. The number of urea groups is 1. The van der Waals surface area contributed by atoms with Crippen LogP contribution in [0.3, 0.4) is 0 Å². The predicted molar refractivity (Wildman–Crippen MR) is 118 cm³/mol. The molecule has 162 valence electrons. The van der Waals surface area contributed by atoms with Gasteiger partial charge in [0, 0.05) is 50.5 Å². The number of benzene rings is 1. The maximum atomic E-state index is 14.7. The van der Waals surface area contributed by atoms with Crippen molar-refractivity contribution in [3.05, 3.63) is 66.4 Å². The van der Waals surface area contributed by atoms with Crippen LogP contribution in [0.25, 0.3) is 5.82 Å². The molecule has 2 amide bonds. The van der Waals surface area contributed by atoms with Crippen LogP contribution in [0.2, 0.25) is 0 Å². The van der Waals surface area contributed by atoms with Crippen LogP contribution in [-0.4, -0.2) is 58.9 Å². The van der Waals surface area contributed by atoms with Gasteiger partial charge in [0.05, 0.1) is 5.69 Å². The Morgan fingerprint density at radius 2 is 2.03 bits per heavy atom. The van der Waals surface area contributed by atoms with Gasteiger partial charge in [0.15, 0.2) is 5.82 Å². The summed E-state index contributed by atoms with van der Waals surface area (Å²) < 4.78 is 16.4. The van der Waals surface area contributed by atoms with Crippen LogP contribution in [0.15, 0.2) is 55.0 Å². The lowest BCUT2D eigenvalue weighted by molar-refractivity contribution is 0.251. The lowest BCUT2D eigenvalue weighted by Gasteiger charge is -2.23. The van der Waals surface area contributed by atoms with Crippen molar-refractivity contribution in [1.82, 2.24) is 25.0 Å². The number of likely N-dealkylation sites (N-methyl/N-ethyl adjacent to an activating group) is 1.